The number of nitrogens with one attached hydrogen (secondary N) is 1. The topological polar surface area (TPSA) is 34.1 Å². The lowest BCUT2D eigenvalue weighted by molar-refractivity contribution is 0.341. The van der Waals surface area contributed by atoms with E-state index in [1.807, 2.05) is 49.4 Å². The number of rotatable bonds is 4. The first-order valence-electron chi connectivity index (χ1n) is 6.30. The number of ether oxygens (including phenoxy) is 1. The molecule has 20 heavy (non-hydrogen) atoms. The van der Waals surface area contributed by atoms with Gasteiger partial charge in [0.25, 0.3) is 0 Å². The highest BCUT2D eigenvalue weighted by molar-refractivity contribution is 9.10. The van der Waals surface area contributed by atoms with Crippen molar-refractivity contribution in [1.29, 1.82) is 0 Å². The second-order valence-corrected chi connectivity index (χ2v) is 6.16. The minimum Gasteiger partial charge on any atom is -0.494 e. The molecule has 1 heterocycles. The molecule has 3 nitrogen and oxygen atoms in total. The number of nitrogens with zero attached hydrogens (tertiary/aromatic N) is 1. The van der Waals surface area contributed by atoms with Gasteiger partial charge < -0.3 is 10.1 Å². The Morgan fingerprint density at radius 2 is 2.15 bits per heavy atom. The van der Waals surface area contributed by atoms with Crippen LogP contribution < -0.4 is 10.1 Å². The summed E-state index contributed by atoms with van der Waals surface area (Å²) in [6.07, 6.45) is 0. The van der Waals surface area contributed by atoms with Crippen molar-refractivity contribution in [2.75, 3.05) is 11.9 Å². The highest BCUT2D eigenvalue weighted by atomic mass is 79.9. The molecule has 0 radical (unpaired) electrons. The van der Waals surface area contributed by atoms with Crippen molar-refractivity contribution in [3.05, 3.63) is 46.9 Å². The third kappa shape index (κ3) is 2.94. The fourth-order valence-electron chi connectivity index (χ4n) is 1.90. The number of hydrogen-bond acceptors (Lipinski definition) is 4. The molecule has 3 aromatic rings. The maximum atomic E-state index is 5.51. The van der Waals surface area contributed by atoms with E-state index < -0.39 is 0 Å². The summed E-state index contributed by atoms with van der Waals surface area (Å²) in [5.74, 6) is 0.887. The summed E-state index contributed by atoms with van der Waals surface area (Å²) in [6.45, 7) is 2.66. The van der Waals surface area contributed by atoms with Crippen LogP contribution in [0.3, 0.4) is 0 Å². The van der Waals surface area contributed by atoms with Gasteiger partial charge in [-0.3, -0.25) is 0 Å². The van der Waals surface area contributed by atoms with E-state index in [2.05, 4.69) is 26.2 Å². The molecule has 2 aromatic carbocycles. The molecule has 3 rings (SSSR count). The first-order valence-corrected chi connectivity index (χ1v) is 7.91. The van der Waals surface area contributed by atoms with Gasteiger partial charge in [0, 0.05) is 10.2 Å². The van der Waals surface area contributed by atoms with Crippen LogP contribution in [0.25, 0.3) is 10.2 Å². The van der Waals surface area contributed by atoms with Gasteiger partial charge in [-0.1, -0.05) is 33.3 Å². The fourth-order valence-corrected chi connectivity index (χ4v) is 3.22. The summed E-state index contributed by atoms with van der Waals surface area (Å²) in [7, 11) is 0. The molecule has 1 aromatic heterocycles. The maximum absolute atomic E-state index is 5.51. The van der Waals surface area contributed by atoms with E-state index in [1.54, 1.807) is 11.3 Å². The number of hydrogen-bond donors (Lipinski definition) is 1. The molecule has 0 atom stereocenters. The molecule has 0 aliphatic heterocycles. The van der Waals surface area contributed by atoms with Gasteiger partial charge in [0.1, 0.15) is 5.75 Å². The van der Waals surface area contributed by atoms with Crippen LogP contribution in [0.4, 0.5) is 10.8 Å². The zero-order chi connectivity index (χ0) is 13.9. The van der Waals surface area contributed by atoms with E-state index in [1.165, 1.54) is 0 Å². The van der Waals surface area contributed by atoms with Gasteiger partial charge >= 0.3 is 0 Å². The summed E-state index contributed by atoms with van der Waals surface area (Å²) >= 11 is 5.08. The fraction of sp³-hybridized carbons (Fsp3) is 0.133. The lowest BCUT2D eigenvalue weighted by atomic mass is 10.3. The third-order valence-electron chi connectivity index (χ3n) is 2.75. The molecule has 0 saturated carbocycles. The number of fused-ring (bicyclic) bond motifs is 1. The molecule has 0 saturated heterocycles. The van der Waals surface area contributed by atoms with Crippen molar-refractivity contribution in [2.45, 2.75) is 6.92 Å². The highest BCUT2D eigenvalue weighted by Gasteiger charge is 2.05. The van der Waals surface area contributed by atoms with Gasteiger partial charge in [-0.05, 0) is 43.3 Å². The van der Waals surface area contributed by atoms with E-state index in [0.29, 0.717) is 6.61 Å². The normalized spacial score (nSPS) is 10.7. The molecule has 0 unspecified atom stereocenters. The standard InChI is InChI=1S/C15H13BrN2OS/c1-2-19-12-6-7-13-14(9-12)20-15(18-13)17-11-5-3-4-10(16)8-11/h3-9H,2H2,1H3,(H,17,18). The van der Waals surface area contributed by atoms with Gasteiger partial charge in [0.15, 0.2) is 5.13 Å². The van der Waals surface area contributed by atoms with Crippen LogP contribution in [0.15, 0.2) is 46.9 Å². The van der Waals surface area contributed by atoms with Crippen LogP contribution in [-0.4, -0.2) is 11.6 Å². The van der Waals surface area contributed by atoms with Crippen molar-refractivity contribution < 1.29 is 4.74 Å². The molecule has 0 amide bonds. The van der Waals surface area contributed by atoms with Crippen molar-refractivity contribution >= 4 is 48.3 Å². The Morgan fingerprint density at radius 3 is 2.95 bits per heavy atom. The Labute approximate surface area is 129 Å². The number of benzene rings is 2. The molecule has 0 spiro atoms. The van der Waals surface area contributed by atoms with Gasteiger partial charge in [0.05, 0.1) is 16.8 Å². The first-order chi connectivity index (χ1) is 9.74. The summed E-state index contributed by atoms with van der Waals surface area (Å²) in [5, 5.41) is 4.20. The average Bonchev–Trinajstić information content (AvgIpc) is 2.80. The van der Waals surface area contributed by atoms with Crippen LogP contribution in [0.2, 0.25) is 0 Å². The Morgan fingerprint density at radius 1 is 1.25 bits per heavy atom. The molecular weight excluding hydrogens is 336 g/mol. The molecule has 0 bridgehead atoms. The van der Waals surface area contributed by atoms with Crippen LogP contribution >= 0.6 is 27.3 Å². The summed E-state index contributed by atoms with van der Waals surface area (Å²) in [4.78, 5) is 4.58. The van der Waals surface area contributed by atoms with Gasteiger partial charge in [-0.15, -0.1) is 0 Å². The zero-order valence-corrected chi connectivity index (χ0v) is 13.3. The Hall–Kier alpha value is -1.59. The first kappa shape index (κ1) is 13.4. The van der Waals surface area contributed by atoms with Crippen molar-refractivity contribution in [3.63, 3.8) is 0 Å². The number of halogens is 1. The molecule has 5 heteroatoms. The monoisotopic (exact) mass is 348 g/mol. The van der Waals surface area contributed by atoms with Crippen molar-refractivity contribution in [1.82, 2.24) is 4.98 Å². The molecule has 1 N–H and O–H groups in total. The minimum absolute atomic E-state index is 0.674. The summed E-state index contributed by atoms with van der Waals surface area (Å²) < 4.78 is 7.67. The molecule has 102 valence electrons. The smallest absolute Gasteiger partial charge is 0.188 e. The largest absolute Gasteiger partial charge is 0.494 e. The van der Waals surface area contributed by atoms with Gasteiger partial charge in [-0.2, -0.15) is 0 Å². The van der Waals surface area contributed by atoms with Crippen molar-refractivity contribution in [3.8, 4) is 5.75 Å². The Kier molecular flexibility index (Phi) is 3.89. The Balaban J connectivity index is 1.89. The third-order valence-corrected chi connectivity index (χ3v) is 4.17. The SMILES string of the molecule is CCOc1ccc2nc(Nc3cccc(Br)c3)sc2c1. The minimum atomic E-state index is 0.674. The predicted octanol–water partition coefficient (Wildman–Crippen LogP) is 5.20. The Bertz CT molecular complexity index is 742. The highest BCUT2D eigenvalue weighted by Crippen LogP contribution is 2.31. The summed E-state index contributed by atoms with van der Waals surface area (Å²) in [5.41, 5.74) is 2.00. The number of anilines is 2. The van der Waals surface area contributed by atoms with E-state index in [4.69, 9.17) is 4.74 Å². The molecular formula is C15H13BrN2OS. The number of aromatic nitrogens is 1. The zero-order valence-electron chi connectivity index (χ0n) is 10.9. The van der Waals surface area contributed by atoms with Crippen LogP contribution in [0.5, 0.6) is 5.75 Å². The average molecular weight is 349 g/mol. The summed E-state index contributed by atoms with van der Waals surface area (Å²) in [6, 6.07) is 14.0. The van der Waals surface area contributed by atoms with E-state index >= 15 is 0 Å². The lowest BCUT2D eigenvalue weighted by Crippen LogP contribution is -1.90. The molecule has 0 aliphatic rings. The molecule has 0 aliphatic carbocycles. The quantitative estimate of drug-likeness (QED) is 0.703. The van der Waals surface area contributed by atoms with Crippen LogP contribution in [-0.2, 0) is 0 Å². The van der Waals surface area contributed by atoms with Gasteiger partial charge in [-0.25, -0.2) is 4.98 Å². The van der Waals surface area contributed by atoms with Crippen LogP contribution in [0.1, 0.15) is 6.92 Å². The predicted molar refractivity (Wildman–Crippen MR) is 88.2 cm³/mol. The van der Waals surface area contributed by atoms with Crippen LogP contribution in [0, 0.1) is 0 Å². The van der Waals surface area contributed by atoms with E-state index in [-0.39, 0.29) is 0 Å². The van der Waals surface area contributed by atoms with E-state index in [0.717, 1.165) is 31.3 Å². The van der Waals surface area contributed by atoms with Crippen molar-refractivity contribution in [2.24, 2.45) is 0 Å². The number of thiazole rings is 1. The second-order valence-electron chi connectivity index (χ2n) is 4.22. The second kappa shape index (κ2) is 5.81. The lowest BCUT2D eigenvalue weighted by Gasteiger charge is -2.01. The van der Waals surface area contributed by atoms with Gasteiger partial charge in [0.2, 0.25) is 0 Å². The maximum Gasteiger partial charge on any atom is 0.188 e. The molecule has 0 fully saturated rings. The van der Waals surface area contributed by atoms with E-state index in [9.17, 15) is 0 Å².